The van der Waals surface area contributed by atoms with E-state index in [0.29, 0.717) is 17.9 Å². The number of likely N-dealkylation sites (tertiary alicyclic amines) is 1. The van der Waals surface area contributed by atoms with Crippen LogP contribution in [0, 0.1) is 0 Å². The molecule has 0 spiro atoms. The van der Waals surface area contributed by atoms with E-state index < -0.39 is 18.4 Å². The molecule has 0 saturated carbocycles. The van der Waals surface area contributed by atoms with Crippen molar-refractivity contribution in [1.29, 1.82) is 0 Å². The summed E-state index contributed by atoms with van der Waals surface area (Å²) in [6, 6.07) is 5.42. The Morgan fingerprint density at radius 2 is 1.83 bits per heavy atom. The number of benzene rings is 1. The minimum atomic E-state index is -0.643. The number of rotatable bonds is 7. The number of para-hydroxylation sites is 1. The molecule has 3 amide bonds. The number of ether oxygens (including phenoxy) is 2. The maximum absolute atomic E-state index is 12.4. The van der Waals surface area contributed by atoms with Crippen molar-refractivity contribution in [2.75, 3.05) is 19.8 Å². The lowest BCUT2D eigenvalue weighted by Gasteiger charge is -2.11. The molecule has 0 radical (unpaired) electrons. The van der Waals surface area contributed by atoms with Gasteiger partial charge in [0.25, 0.3) is 5.91 Å². The number of imide groups is 1. The van der Waals surface area contributed by atoms with Crippen LogP contribution in [0.15, 0.2) is 23.2 Å². The maximum Gasteiger partial charge on any atom is 0.326 e. The molecule has 0 N–H and O–H groups in total. The molecule has 0 bridgehead atoms. The van der Waals surface area contributed by atoms with Crippen LogP contribution in [0.3, 0.4) is 0 Å². The minimum absolute atomic E-state index is 0.107. The monoisotopic (exact) mass is 419 g/mol. The Kier molecular flexibility index (Phi) is 6.42. The summed E-state index contributed by atoms with van der Waals surface area (Å²) < 4.78 is 13.0. The Hall–Kier alpha value is -3.01. The number of carbonyl (C=O) groups is 4. The van der Waals surface area contributed by atoms with Crippen LogP contribution < -0.4 is 9.54 Å². The zero-order valence-corrected chi connectivity index (χ0v) is 17.0. The van der Waals surface area contributed by atoms with E-state index in [4.69, 9.17) is 9.47 Å². The molecule has 1 aliphatic rings. The van der Waals surface area contributed by atoms with Gasteiger partial charge in [-0.25, -0.2) is 0 Å². The summed E-state index contributed by atoms with van der Waals surface area (Å²) >= 11 is 1.21. The third-order valence-corrected chi connectivity index (χ3v) is 5.27. The van der Waals surface area contributed by atoms with E-state index in [2.05, 4.69) is 4.99 Å². The summed E-state index contributed by atoms with van der Waals surface area (Å²) in [5, 5.41) is 0. The van der Waals surface area contributed by atoms with Gasteiger partial charge >= 0.3 is 5.97 Å². The first kappa shape index (κ1) is 20.7. The van der Waals surface area contributed by atoms with Gasteiger partial charge in [0.15, 0.2) is 4.80 Å². The average Bonchev–Trinajstić information content (AvgIpc) is 3.17. The number of thiazole rings is 1. The van der Waals surface area contributed by atoms with Crippen LogP contribution in [-0.2, 0) is 30.5 Å². The van der Waals surface area contributed by atoms with Crippen molar-refractivity contribution < 1.29 is 28.7 Å². The molecular formula is C19H21N3O6S. The largest absolute Gasteiger partial charge is 0.492 e. The van der Waals surface area contributed by atoms with Crippen molar-refractivity contribution in [2.45, 2.75) is 33.2 Å². The van der Waals surface area contributed by atoms with Crippen molar-refractivity contribution in [1.82, 2.24) is 9.47 Å². The first-order valence-corrected chi connectivity index (χ1v) is 10.1. The number of carbonyl (C=O) groups excluding carboxylic acids is 4. The molecule has 1 aromatic heterocycles. The van der Waals surface area contributed by atoms with Crippen molar-refractivity contribution in [2.24, 2.45) is 4.99 Å². The number of nitrogens with zero attached hydrogens (tertiary/aromatic N) is 3. The SMILES string of the molecule is CCOC(=O)Cn1c(=NC(=O)CN2C(=O)CCC2=O)sc2cccc(OCC)c21. The molecule has 1 fully saturated rings. The number of amides is 3. The number of hydrogen-bond acceptors (Lipinski definition) is 7. The predicted octanol–water partition coefficient (Wildman–Crippen LogP) is 1.24. The molecule has 2 heterocycles. The van der Waals surface area contributed by atoms with Crippen molar-refractivity contribution in [3.05, 3.63) is 23.0 Å². The quantitative estimate of drug-likeness (QED) is 0.494. The van der Waals surface area contributed by atoms with Gasteiger partial charge in [-0.3, -0.25) is 24.1 Å². The van der Waals surface area contributed by atoms with Crippen molar-refractivity contribution in [3.63, 3.8) is 0 Å². The summed E-state index contributed by atoms with van der Waals surface area (Å²) in [7, 11) is 0. The molecule has 1 aromatic carbocycles. The Morgan fingerprint density at radius 3 is 2.48 bits per heavy atom. The lowest BCUT2D eigenvalue weighted by Crippen LogP contribution is -2.34. The Balaban J connectivity index is 2.03. The van der Waals surface area contributed by atoms with Crippen molar-refractivity contribution in [3.8, 4) is 5.75 Å². The molecule has 0 aliphatic carbocycles. The fourth-order valence-electron chi connectivity index (χ4n) is 3.01. The lowest BCUT2D eigenvalue weighted by molar-refractivity contribution is -0.144. The van der Waals surface area contributed by atoms with E-state index in [9.17, 15) is 19.2 Å². The molecule has 3 rings (SSSR count). The molecule has 0 unspecified atom stereocenters. The normalized spacial score (nSPS) is 14.7. The Labute approximate surface area is 170 Å². The fourth-order valence-corrected chi connectivity index (χ4v) is 4.08. The zero-order valence-electron chi connectivity index (χ0n) is 16.2. The number of aromatic nitrogens is 1. The predicted molar refractivity (Wildman–Crippen MR) is 104 cm³/mol. The maximum atomic E-state index is 12.4. The third-order valence-electron chi connectivity index (χ3n) is 4.22. The molecular weight excluding hydrogens is 398 g/mol. The van der Waals surface area contributed by atoms with E-state index in [1.165, 1.54) is 11.3 Å². The van der Waals surface area contributed by atoms with E-state index in [1.54, 1.807) is 17.6 Å². The molecule has 9 nitrogen and oxygen atoms in total. The summed E-state index contributed by atoms with van der Waals surface area (Å²) in [5.41, 5.74) is 0.632. The standard InChI is InChI=1S/C19H21N3O6S/c1-3-27-12-6-5-7-13-18(12)22(11-17(26)28-4-2)19(29-13)20-14(23)10-21-15(24)8-9-16(21)25/h5-7H,3-4,8-11H2,1-2H3. The second-order valence-electron chi connectivity index (χ2n) is 6.19. The van der Waals surface area contributed by atoms with Gasteiger partial charge in [-0.2, -0.15) is 4.99 Å². The van der Waals surface area contributed by atoms with Crippen molar-refractivity contribution >= 4 is 45.2 Å². The first-order valence-electron chi connectivity index (χ1n) is 9.26. The van der Waals surface area contributed by atoms with Gasteiger partial charge in [0.05, 0.1) is 17.9 Å². The summed E-state index contributed by atoms with van der Waals surface area (Å²) in [6.07, 6.45) is 0.213. The number of hydrogen-bond donors (Lipinski definition) is 0. The molecule has 1 aliphatic heterocycles. The highest BCUT2D eigenvalue weighted by Gasteiger charge is 2.30. The van der Waals surface area contributed by atoms with Gasteiger partial charge in [0.2, 0.25) is 11.8 Å². The van der Waals surface area contributed by atoms with E-state index >= 15 is 0 Å². The lowest BCUT2D eigenvalue weighted by atomic mass is 10.3. The summed E-state index contributed by atoms with van der Waals surface area (Å²) in [6.45, 7) is 3.65. The van der Waals surface area contributed by atoms with E-state index in [0.717, 1.165) is 9.60 Å². The molecule has 2 aromatic rings. The van der Waals surface area contributed by atoms with Gasteiger partial charge < -0.3 is 14.0 Å². The Morgan fingerprint density at radius 1 is 1.10 bits per heavy atom. The fraction of sp³-hybridized carbons (Fsp3) is 0.421. The minimum Gasteiger partial charge on any atom is -0.492 e. The smallest absolute Gasteiger partial charge is 0.326 e. The third kappa shape index (κ3) is 4.53. The average molecular weight is 419 g/mol. The van der Waals surface area contributed by atoms with Gasteiger partial charge in [-0.1, -0.05) is 17.4 Å². The van der Waals surface area contributed by atoms with Crippen LogP contribution >= 0.6 is 11.3 Å². The van der Waals surface area contributed by atoms with Gasteiger partial charge in [0.1, 0.15) is 24.4 Å². The summed E-state index contributed by atoms with van der Waals surface area (Å²) in [4.78, 5) is 53.3. The molecule has 10 heteroatoms. The van der Waals surface area contributed by atoms with Crippen LogP contribution in [0.4, 0.5) is 0 Å². The topological polar surface area (TPSA) is 107 Å². The number of esters is 1. The van der Waals surface area contributed by atoms with E-state index in [1.807, 2.05) is 19.1 Å². The Bertz CT molecular complexity index is 1020. The van der Waals surface area contributed by atoms with Crippen LogP contribution in [0.5, 0.6) is 5.75 Å². The van der Waals surface area contributed by atoms with Gasteiger partial charge in [-0.05, 0) is 26.0 Å². The van der Waals surface area contributed by atoms with E-state index in [-0.39, 0.29) is 42.6 Å². The van der Waals surface area contributed by atoms with Crippen LogP contribution in [-0.4, -0.2) is 52.9 Å². The molecule has 29 heavy (non-hydrogen) atoms. The highest BCUT2D eigenvalue weighted by atomic mass is 32.1. The zero-order chi connectivity index (χ0) is 21.0. The number of fused-ring (bicyclic) bond motifs is 1. The van der Waals surface area contributed by atoms with Gasteiger partial charge in [0, 0.05) is 12.8 Å². The van der Waals surface area contributed by atoms with Crippen LogP contribution in [0.2, 0.25) is 0 Å². The van der Waals surface area contributed by atoms with Gasteiger partial charge in [-0.15, -0.1) is 0 Å². The summed E-state index contributed by atoms with van der Waals surface area (Å²) in [5.74, 6) is -1.32. The highest BCUT2D eigenvalue weighted by molar-refractivity contribution is 7.16. The second-order valence-corrected chi connectivity index (χ2v) is 7.20. The van der Waals surface area contributed by atoms with Crippen LogP contribution in [0.1, 0.15) is 26.7 Å². The molecule has 154 valence electrons. The van der Waals surface area contributed by atoms with Crippen LogP contribution in [0.25, 0.3) is 10.2 Å². The second kappa shape index (κ2) is 8.99. The molecule has 0 atom stereocenters. The molecule has 1 saturated heterocycles. The first-order chi connectivity index (χ1) is 13.9. The highest BCUT2D eigenvalue weighted by Crippen LogP contribution is 2.27.